The number of pyridine rings is 4. The Hall–Kier alpha value is -4.90. The summed E-state index contributed by atoms with van der Waals surface area (Å²) in [6.45, 7) is 3.36. The Bertz CT molecular complexity index is 1520. The summed E-state index contributed by atoms with van der Waals surface area (Å²) in [7, 11) is 0. The zero-order chi connectivity index (χ0) is 31.4. The molecule has 0 bridgehead atoms. The normalized spacial score (nSPS) is 13.2. The van der Waals surface area contributed by atoms with Gasteiger partial charge in [-0.3, -0.25) is 29.7 Å². The molecule has 7 heteroatoms. The molecule has 5 aromatic rings. The molecular weight excluding hydrogens is 568 g/mol. The van der Waals surface area contributed by atoms with Crippen molar-refractivity contribution in [3.63, 3.8) is 0 Å². The lowest BCUT2D eigenvalue weighted by Crippen LogP contribution is -2.25. The Labute approximate surface area is 272 Å². The van der Waals surface area contributed by atoms with E-state index in [0.29, 0.717) is 39.3 Å². The average molecular weight is 604 g/mol. The molecule has 0 spiro atoms. The van der Waals surface area contributed by atoms with Crippen molar-refractivity contribution < 1.29 is 5.11 Å². The fourth-order valence-corrected chi connectivity index (χ4v) is 5.38. The SMILES string of the molecule is Oc1c(CN(Cc2ccccn2)Cc2ccccn2)cc(C#C[C]2[CH][CH][CH][CH]2)cc1CN(Cc1ccccn1)Cc1ccccn1. The number of rotatable bonds is 12. The predicted octanol–water partition coefficient (Wildman–Crippen LogP) is 6.13. The van der Waals surface area contributed by atoms with Gasteiger partial charge in [0.15, 0.2) is 0 Å². The summed E-state index contributed by atoms with van der Waals surface area (Å²) in [5.41, 5.74) is 6.22. The number of nitrogens with zero attached hydrogens (tertiary/aromatic N) is 6. The highest BCUT2D eigenvalue weighted by molar-refractivity contribution is 5.54. The third-order valence-electron chi connectivity index (χ3n) is 7.52. The molecule has 1 aromatic carbocycles. The van der Waals surface area contributed by atoms with Gasteiger partial charge in [-0.2, -0.15) is 0 Å². The van der Waals surface area contributed by atoms with Crippen molar-refractivity contribution in [3.05, 3.63) is 181 Å². The number of phenolic OH excluding ortho intramolecular Hbond substituents is 1. The maximum atomic E-state index is 11.9. The topological polar surface area (TPSA) is 78.3 Å². The number of hydrogen-bond donors (Lipinski definition) is 1. The van der Waals surface area contributed by atoms with Gasteiger partial charge in [0.05, 0.1) is 28.7 Å². The second-order valence-electron chi connectivity index (χ2n) is 11.1. The first kappa shape index (κ1) is 31.1. The third kappa shape index (κ3) is 9.07. The van der Waals surface area contributed by atoms with Crippen LogP contribution >= 0.6 is 0 Å². The minimum atomic E-state index is 0.262. The minimum Gasteiger partial charge on any atom is -0.507 e. The summed E-state index contributed by atoms with van der Waals surface area (Å²) in [4.78, 5) is 22.8. The van der Waals surface area contributed by atoms with Crippen LogP contribution in [0.1, 0.15) is 39.5 Å². The van der Waals surface area contributed by atoms with E-state index in [1.54, 1.807) is 24.8 Å². The van der Waals surface area contributed by atoms with Gasteiger partial charge in [0, 0.05) is 80.7 Å². The number of phenols is 1. The Morgan fingerprint density at radius 3 is 1.24 bits per heavy atom. The van der Waals surface area contributed by atoms with Gasteiger partial charge >= 0.3 is 0 Å². The second kappa shape index (κ2) is 15.9. The van der Waals surface area contributed by atoms with Crippen molar-refractivity contribution in [2.75, 3.05) is 0 Å². The van der Waals surface area contributed by atoms with Crippen LogP contribution in [0.3, 0.4) is 0 Å². The molecule has 7 nitrogen and oxygen atoms in total. The molecule has 4 heterocycles. The zero-order valence-electron chi connectivity index (χ0n) is 25.6. The van der Waals surface area contributed by atoms with Crippen LogP contribution in [-0.2, 0) is 39.3 Å². The summed E-state index contributed by atoms with van der Waals surface area (Å²) in [6.07, 6.45) is 15.2. The first-order chi connectivity index (χ1) is 22.7. The van der Waals surface area contributed by atoms with E-state index in [0.717, 1.165) is 45.4 Å². The second-order valence-corrected chi connectivity index (χ2v) is 11.1. The Kier molecular flexibility index (Phi) is 10.7. The molecule has 5 radical (unpaired) electrons. The van der Waals surface area contributed by atoms with E-state index in [1.807, 2.05) is 111 Å². The number of benzene rings is 1. The molecule has 4 aromatic heterocycles. The molecule has 46 heavy (non-hydrogen) atoms. The number of aromatic nitrogens is 4. The van der Waals surface area contributed by atoms with Gasteiger partial charge in [-0.25, -0.2) is 0 Å². The van der Waals surface area contributed by atoms with Gasteiger partial charge < -0.3 is 5.11 Å². The van der Waals surface area contributed by atoms with Crippen LogP contribution in [0.5, 0.6) is 5.75 Å². The van der Waals surface area contributed by atoms with Crippen LogP contribution in [0, 0.1) is 43.4 Å². The van der Waals surface area contributed by atoms with Crippen LogP contribution in [-0.4, -0.2) is 34.8 Å². The quantitative estimate of drug-likeness (QED) is 0.172. The van der Waals surface area contributed by atoms with E-state index in [9.17, 15) is 5.11 Å². The highest BCUT2D eigenvalue weighted by atomic mass is 16.3. The lowest BCUT2D eigenvalue weighted by Gasteiger charge is -2.25. The first-order valence-corrected chi connectivity index (χ1v) is 15.3. The fraction of sp³-hybridized carbons (Fsp3) is 0.154. The molecule has 0 unspecified atom stereocenters. The summed E-state index contributed by atoms with van der Waals surface area (Å²) >= 11 is 0. The number of aromatic hydroxyl groups is 1. The van der Waals surface area contributed by atoms with E-state index < -0.39 is 0 Å². The fourth-order valence-electron chi connectivity index (χ4n) is 5.38. The van der Waals surface area contributed by atoms with Crippen molar-refractivity contribution in [2.24, 2.45) is 0 Å². The largest absolute Gasteiger partial charge is 0.507 e. The lowest BCUT2D eigenvalue weighted by molar-refractivity contribution is 0.231. The highest BCUT2D eigenvalue weighted by Gasteiger charge is 2.19. The molecule has 1 aliphatic rings. The van der Waals surface area contributed by atoms with Crippen molar-refractivity contribution in [1.29, 1.82) is 0 Å². The molecule has 6 rings (SSSR count). The molecule has 1 N–H and O–H groups in total. The maximum Gasteiger partial charge on any atom is 0.124 e. The van der Waals surface area contributed by atoms with Gasteiger partial charge in [-0.05, 0) is 86.3 Å². The molecular formula is C39H35N6O. The van der Waals surface area contributed by atoms with Crippen molar-refractivity contribution in [1.82, 2.24) is 29.7 Å². The van der Waals surface area contributed by atoms with E-state index in [-0.39, 0.29) is 5.75 Å². The molecule has 0 aliphatic heterocycles. The molecule has 0 amide bonds. The van der Waals surface area contributed by atoms with Gasteiger partial charge in [0.2, 0.25) is 0 Å². The predicted molar refractivity (Wildman–Crippen MR) is 178 cm³/mol. The van der Waals surface area contributed by atoms with Crippen LogP contribution < -0.4 is 0 Å². The summed E-state index contributed by atoms with van der Waals surface area (Å²) in [5, 5.41) is 11.9. The summed E-state index contributed by atoms with van der Waals surface area (Å²) < 4.78 is 0. The zero-order valence-corrected chi connectivity index (χ0v) is 25.6. The van der Waals surface area contributed by atoms with Crippen LogP contribution in [0.2, 0.25) is 0 Å². The van der Waals surface area contributed by atoms with Crippen molar-refractivity contribution in [2.45, 2.75) is 39.3 Å². The van der Waals surface area contributed by atoms with E-state index in [1.165, 1.54) is 0 Å². The average Bonchev–Trinajstić information content (AvgIpc) is 3.61. The summed E-state index contributed by atoms with van der Waals surface area (Å²) in [5.74, 6) is 7.85. The maximum absolute atomic E-state index is 11.9. The van der Waals surface area contributed by atoms with Crippen LogP contribution in [0.4, 0.5) is 0 Å². The molecule has 1 saturated carbocycles. The highest BCUT2D eigenvalue weighted by Crippen LogP contribution is 2.30. The standard InChI is InChI=1S/C39H35N6O/c46-39-33(25-44(27-35-13-3-7-19-40-35)28-36-14-4-8-20-41-36)23-32(18-17-31-11-1-2-12-31)24-34(39)26-45(29-37-15-5-9-21-42-37)30-38-16-6-10-22-43-38/h1-16,19-24,46H,25-30H2. The Morgan fingerprint density at radius 2 is 0.891 bits per heavy atom. The number of hydrogen-bond acceptors (Lipinski definition) is 7. The lowest BCUT2D eigenvalue weighted by atomic mass is 10.0. The molecule has 0 atom stereocenters. The monoisotopic (exact) mass is 603 g/mol. The molecule has 1 aliphatic carbocycles. The van der Waals surface area contributed by atoms with Gasteiger partial charge in [0.25, 0.3) is 0 Å². The van der Waals surface area contributed by atoms with E-state index in [4.69, 9.17) is 0 Å². The minimum absolute atomic E-state index is 0.262. The Balaban J connectivity index is 1.34. The van der Waals surface area contributed by atoms with E-state index >= 15 is 0 Å². The van der Waals surface area contributed by atoms with Gasteiger partial charge in [-0.1, -0.05) is 36.1 Å². The Morgan fingerprint density at radius 1 is 0.500 bits per heavy atom. The smallest absolute Gasteiger partial charge is 0.124 e. The molecule has 227 valence electrons. The first-order valence-electron chi connectivity index (χ1n) is 15.3. The van der Waals surface area contributed by atoms with E-state index in [2.05, 4.69) is 41.6 Å². The van der Waals surface area contributed by atoms with Gasteiger partial charge in [0.1, 0.15) is 5.75 Å². The van der Waals surface area contributed by atoms with Gasteiger partial charge in [-0.15, -0.1) is 0 Å². The van der Waals surface area contributed by atoms with Crippen molar-refractivity contribution in [3.8, 4) is 17.6 Å². The van der Waals surface area contributed by atoms with Crippen LogP contribution in [0.15, 0.2) is 110 Å². The molecule has 0 saturated heterocycles. The van der Waals surface area contributed by atoms with Crippen LogP contribution in [0.25, 0.3) is 0 Å². The third-order valence-corrected chi connectivity index (χ3v) is 7.52. The van der Waals surface area contributed by atoms with Crippen molar-refractivity contribution >= 4 is 0 Å². The summed E-state index contributed by atoms with van der Waals surface area (Å²) in [6, 6.07) is 27.7. The molecule has 1 fully saturated rings.